The quantitative estimate of drug-likeness (QED) is 0.307. The second-order valence-electron chi connectivity index (χ2n) is 5.53. The van der Waals surface area contributed by atoms with E-state index in [2.05, 4.69) is 13.8 Å². The number of Topliss-reactive ketones (excluding diaryl/α,β-unsaturated/α-hetero) is 2. The van der Waals surface area contributed by atoms with E-state index in [1.807, 2.05) is 0 Å². The van der Waals surface area contributed by atoms with Crippen LogP contribution in [0, 0.1) is 0 Å². The van der Waals surface area contributed by atoms with Crippen LogP contribution in [-0.4, -0.2) is 24.8 Å². The minimum absolute atomic E-state index is 0.0658. The second kappa shape index (κ2) is 15.4. The van der Waals surface area contributed by atoms with Crippen LogP contribution in [0.15, 0.2) is 0 Å². The van der Waals surface area contributed by atoms with Gasteiger partial charge in [0.15, 0.2) is 11.6 Å². The molecule has 0 aromatic rings. The predicted molar refractivity (Wildman–Crippen MR) is 88.4 cm³/mol. The highest BCUT2D eigenvalue weighted by molar-refractivity contribution is 7.33. The summed E-state index contributed by atoms with van der Waals surface area (Å²) in [5.74, 6) is -0.132. The van der Waals surface area contributed by atoms with E-state index >= 15 is 0 Å². The summed E-state index contributed by atoms with van der Waals surface area (Å²) >= 11 is 0. The Bertz CT molecular complexity index is 300. The van der Waals surface area contributed by atoms with Gasteiger partial charge in [0.2, 0.25) is 0 Å². The van der Waals surface area contributed by atoms with Crippen molar-refractivity contribution in [2.45, 2.75) is 78.1 Å². The van der Waals surface area contributed by atoms with Crippen molar-refractivity contribution in [2.24, 2.45) is 0 Å². The van der Waals surface area contributed by atoms with Crippen molar-refractivity contribution < 1.29 is 23.2 Å². The van der Waals surface area contributed by atoms with Gasteiger partial charge in [0, 0.05) is 12.8 Å². The van der Waals surface area contributed by atoms with Crippen molar-refractivity contribution in [1.82, 2.24) is 0 Å². The van der Waals surface area contributed by atoms with Crippen molar-refractivity contribution in [3.05, 3.63) is 0 Å². The van der Waals surface area contributed by atoms with E-state index in [0.29, 0.717) is 12.8 Å². The Morgan fingerprint density at radius 3 is 1.50 bits per heavy atom. The fourth-order valence-corrected chi connectivity index (χ4v) is 2.60. The number of carbonyl (C=O) groups excluding carboxylic acids is 2. The van der Waals surface area contributed by atoms with Crippen LogP contribution in [0.2, 0.25) is 0 Å². The molecule has 6 heteroatoms. The molecular formula is C16H31O5P. The topological polar surface area (TPSA) is 69.7 Å². The van der Waals surface area contributed by atoms with Gasteiger partial charge in [-0.05, 0) is 12.8 Å². The van der Waals surface area contributed by atoms with Crippen LogP contribution < -0.4 is 0 Å². The molecule has 0 saturated carbocycles. The lowest BCUT2D eigenvalue weighted by molar-refractivity contribution is -0.121. The summed E-state index contributed by atoms with van der Waals surface area (Å²) in [6.07, 6.45) is 9.12. The van der Waals surface area contributed by atoms with Crippen LogP contribution >= 0.6 is 8.25 Å². The molecule has 0 N–H and O–H groups in total. The molecule has 0 amide bonds. The van der Waals surface area contributed by atoms with Crippen molar-refractivity contribution in [3.63, 3.8) is 0 Å². The van der Waals surface area contributed by atoms with Crippen LogP contribution in [-0.2, 0) is 23.2 Å². The summed E-state index contributed by atoms with van der Waals surface area (Å²) in [4.78, 5) is 23.0. The largest absolute Gasteiger partial charge is 0.319 e. The molecule has 0 radical (unpaired) electrons. The Morgan fingerprint density at radius 1 is 0.727 bits per heavy atom. The van der Waals surface area contributed by atoms with E-state index in [1.165, 1.54) is 0 Å². The van der Waals surface area contributed by atoms with Gasteiger partial charge in [0.25, 0.3) is 0 Å². The van der Waals surface area contributed by atoms with Gasteiger partial charge in [-0.1, -0.05) is 52.4 Å². The van der Waals surface area contributed by atoms with E-state index in [4.69, 9.17) is 9.05 Å². The Balaban J connectivity index is 3.56. The minimum atomic E-state index is -2.74. The van der Waals surface area contributed by atoms with E-state index in [1.54, 1.807) is 0 Å². The molecule has 22 heavy (non-hydrogen) atoms. The lowest BCUT2D eigenvalue weighted by Gasteiger charge is -2.05. The summed E-state index contributed by atoms with van der Waals surface area (Å²) < 4.78 is 21.2. The summed E-state index contributed by atoms with van der Waals surface area (Å²) in [6.45, 7) is 3.85. The molecule has 0 bridgehead atoms. The van der Waals surface area contributed by atoms with Gasteiger partial charge in [-0.25, -0.2) is 0 Å². The van der Waals surface area contributed by atoms with Crippen LogP contribution in [0.3, 0.4) is 0 Å². The number of rotatable bonds is 16. The van der Waals surface area contributed by atoms with Gasteiger partial charge in [0.05, 0.1) is 0 Å². The molecular weight excluding hydrogens is 303 g/mol. The average molecular weight is 334 g/mol. The molecule has 0 aromatic carbocycles. The first-order valence-electron chi connectivity index (χ1n) is 8.43. The van der Waals surface area contributed by atoms with Crippen molar-refractivity contribution >= 4 is 19.8 Å². The van der Waals surface area contributed by atoms with E-state index in [-0.39, 0.29) is 24.8 Å². The van der Waals surface area contributed by atoms with Gasteiger partial charge in [-0.2, -0.15) is 0 Å². The lowest BCUT2D eigenvalue weighted by Crippen LogP contribution is -2.08. The van der Waals surface area contributed by atoms with Gasteiger partial charge in [0.1, 0.15) is 13.2 Å². The summed E-state index contributed by atoms with van der Waals surface area (Å²) in [7, 11) is -2.74. The maximum atomic E-state index is 11.5. The highest BCUT2D eigenvalue weighted by Crippen LogP contribution is 2.23. The third-order valence-corrected chi connectivity index (χ3v) is 4.08. The number of hydrogen-bond acceptors (Lipinski definition) is 5. The summed E-state index contributed by atoms with van der Waals surface area (Å²) in [5.41, 5.74) is 0. The molecule has 0 spiro atoms. The normalized spacial score (nSPS) is 11.0. The zero-order valence-corrected chi connectivity index (χ0v) is 15.0. The van der Waals surface area contributed by atoms with Gasteiger partial charge in [-0.15, -0.1) is 0 Å². The Kier molecular flexibility index (Phi) is 15.0. The third-order valence-electron chi connectivity index (χ3n) is 3.32. The van der Waals surface area contributed by atoms with Crippen LogP contribution in [0.25, 0.3) is 0 Å². The van der Waals surface area contributed by atoms with Gasteiger partial charge < -0.3 is 9.05 Å². The van der Waals surface area contributed by atoms with Crippen LogP contribution in [0.4, 0.5) is 0 Å². The molecule has 0 aliphatic carbocycles. The fraction of sp³-hybridized carbons (Fsp3) is 0.875. The first kappa shape index (κ1) is 21.5. The zero-order chi connectivity index (χ0) is 16.6. The van der Waals surface area contributed by atoms with Crippen molar-refractivity contribution in [2.75, 3.05) is 13.2 Å². The number of ketones is 2. The second-order valence-corrected chi connectivity index (χ2v) is 6.60. The molecule has 0 aromatic heterocycles. The smallest absolute Gasteiger partial charge is 0.303 e. The van der Waals surface area contributed by atoms with Crippen LogP contribution in [0.1, 0.15) is 78.1 Å². The molecule has 0 rings (SSSR count). The van der Waals surface area contributed by atoms with E-state index in [0.717, 1.165) is 51.4 Å². The Morgan fingerprint density at radius 2 is 1.14 bits per heavy atom. The fourth-order valence-electron chi connectivity index (χ4n) is 1.96. The number of unbranched alkanes of at least 4 members (excludes halogenated alkanes) is 6. The Labute approximate surface area is 135 Å². The highest BCUT2D eigenvalue weighted by atomic mass is 31.1. The summed E-state index contributed by atoms with van der Waals surface area (Å²) in [5, 5.41) is 0. The molecule has 5 nitrogen and oxygen atoms in total. The van der Waals surface area contributed by atoms with Crippen LogP contribution in [0.5, 0.6) is 0 Å². The summed E-state index contributed by atoms with van der Waals surface area (Å²) in [6, 6.07) is 0. The molecule has 0 atom stereocenters. The Hall–Kier alpha value is -0.510. The third kappa shape index (κ3) is 14.4. The van der Waals surface area contributed by atoms with Gasteiger partial charge >= 0.3 is 8.25 Å². The first-order valence-corrected chi connectivity index (χ1v) is 9.65. The first-order chi connectivity index (χ1) is 10.6. The molecule has 0 saturated heterocycles. The standard InChI is InChI=1S/C16H31O5P/c1-3-5-7-9-11-15(17)13-20-22(19)21-14-16(18)12-10-8-6-4-2/h22H,3-14H2,1-2H3. The zero-order valence-electron chi connectivity index (χ0n) is 14.0. The molecule has 130 valence electrons. The van der Waals surface area contributed by atoms with Crippen molar-refractivity contribution in [1.29, 1.82) is 0 Å². The highest BCUT2D eigenvalue weighted by Gasteiger charge is 2.09. The lowest BCUT2D eigenvalue weighted by atomic mass is 10.1. The number of hydrogen-bond donors (Lipinski definition) is 0. The predicted octanol–water partition coefficient (Wildman–Crippen LogP) is 4.49. The monoisotopic (exact) mass is 334 g/mol. The SMILES string of the molecule is CCCCCCC(=O)CO[PH](=O)OCC(=O)CCCCCC. The molecule has 0 aliphatic heterocycles. The van der Waals surface area contributed by atoms with Gasteiger partial charge in [-0.3, -0.25) is 14.2 Å². The molecule has 0 heterocycles. The van der Waals surface area contributed by atoms with E-state index < -0.39 is 8.25 Å². The minimum Gasteiger partial charge on any atom is -0.303 e. The van der Waals surface area contributed by atoms with E-state index in [9.17, 15) is 14.2 Å². The van der Waals surface area contributed by atoms with Crippen molar-refractivity contribution in [3.8, 4) is 0 Å². The number of carbonyl (C=O) groups is 2. The molecule has 0 unspecified atom stereocenters. The maximum absolute atomic E-state index is 11.5. The molecule has 0 fully saturated rings. The maximum Gasteiger partial charge on any atom is 0.319 e. The average Bonchev–Trinajstić information content (AvgIpc) is 2.51. The molecule has 0 aliphatic rings.